The van der Waals surface area contributed by atoms with Crippen molar-refractivity contribution in [2.75, 3.05) is 5.88 Å². The lowest BCUT2D eigenvalue weighted by Crippen LogP contribution is -1.91. The maximum Gasteiger partial charge on any atom is 0.133 e. The molecule has 15 heavy (non-hydrogen) atoms. The molecule has 1 aromatic carbocycles. The van der Waals surface area contributed by atoms with Gasteiger partial charge in [0, 0.05) is 15.7 Å². The Hall–Kier alpha value is -0.310. The lowest BCUT2D eigenvalue weighted by molar-refractivity contribution is 1.13. The first-order valence-corrected chi connectivity index (χ1v) is 6.22. The van der Waals surface area contributed by atoms with E-state index in [9.17, 15) is 0 Å². The van der Waals surface area contributed by atoms with Crippen molar-refractivity contribution in [1.82, 2.24) is 4.98 Å². The fourth-order valence-corrected chi connectivity index (χ4v) is 2.27. The molecular weight excluding hydrogens is 297 g/mol. The van der Waals surface area contributed by atoms with E-state index in [-0.39, 0.29) is 0 Å². The van der Waals surface area contributed by atoms with Gasteiger partial charge in [0.1, 0.15) is 5.15 Å². The molecule has 0 aliphatic heterocycles. The highest BCUT2D eigenvalue weighted by atomic mass is 79.9. The minimum absolute atomic E-state index is 0.547. The second-order valence-electron chi connectivity index (χ2n) is 3.21. The van der Waals surface area contributed by atoms with Crippen molar-refractivity contribution in [1.29, 1.82) is 0 Å². The van der Waals surface area contributed by atoms with E-state index >= 15 is 0 Å². The zero-order valence-electron chi connectivity index (χ0n) is 7.80. The van der Waals surface area contributed by atoms with Gasteiger partial charge in [-0.05, 0) is 36.2 Å². The Labute approximate surface area is 107 Å². The Morgan fingerprint density at radius 1 is 1.27 bits per heavy atom. The van der Waals surface area contributed by atoms with Crippen molar-refractivity contribution in [3.05, 3.63) is 39.5 Å². The van der Waals surface area contributed by atoms with Gasteiger partial charge in [0.05, 0.1) is 5.52 Å². The molecule has 0 aliphatic rings. The van der Waals surface area contributed by atoms with Crippen molar-refractivity contribution >= 4 is 50.0 Å². The summed E-state index contributed by atoms with van der Waals surface area (Å²) in [6.45, 7) is 0. The quantitative estimate of drug-likeness (QED) is 0.591. The van der Waals surface area contributed by atoms with Gasteiger partial charge in [0.2, 0.25) is 0 Å². The number of pyridine rings is 1. The minimum Gasteiger partial charge on any atom is -0.236 e. The maximum atomic E-state index is 6.04. The summed E-state index contributed by atoms with van der Waals surface area (Å²) in [6.07, 6.45) is 0.746. The summed E-state index contributed by atoms with van der Waals surface area (Å²) in [7, 11) is 0. The van der Waals surface area contributed by atoms with Crippen LogP contribution in [0.1, 0.15) is 5.56 Å². The van der Waals surface area contributed by atoms with Crippen molar-refractivity contribution in [3.63, 3.8) is 0 Å². The highest BCUT2D eigenvalue weighted by molar-refractivity contribution is 9.10. The van der Waals surface area contributed by atoms with Crippen LogP contribution in [-0.4, -0.2) is 10.9 Å². The van der Waals surface area contributed by atoms with Crippen molar-refractivity contribution in [3.8, 4) is 0 Å². The molecule has 1 nitrogen and oxygen atoms in total. The topological polar surface area (TPSA) is 12.9 Å². The summed E-state index contributed by atoms with van der Waals surface area (Å²) in [4.78, 5) is 4.32. The number of benzene rings is 1. The van der Waals surface area contributed by atoms with Gasteiger partial charge < -0.3 is 0 Å². The largest absolute Gasteiger partial charge is 0.236 e. The molecule has 0 saturated heterocycles. The SMILES string of the molecule is ClCCc1cc2cc(Br)ccc2nc1Cl. The average molecular weight is 305 g/mol. The molecule has 0 fully saturated rings. The number of hydrogen-bond acceptors (Lipinski definition) is 1. The molecule has 0 saturated carbocycles. The summed E-state index contributed by atoms with van der Waals surface area (Å²) in [6, 6.07) is 7.96. The third-order valence-corrected chi connectivity index (χ3v) is 3.18. The molecule has 4 heteroatoms. The van der Waals surface area contributed by atoms with E-state index in [0.29, 0.717) is 11.0 Å². The molecule has 1 heterocycles. The van der Waals surface area contributed by atoms with Crippen LogP contribution in [-0.2, 0) is 6.42 Å². The first-order valence-electron chi connectivity index (χ1n) is 4.51. The normalized spacial score (nSPS) is 10.9. The van der Waals surface area contributed by atoms with E-state index in [2.05, 4.69) is 20.9 Å². The van der Waals surface area contributed by atoms with Crippen molar-refractivity contribution < 1.29 is 0 Å². The van der Waals surface area contributed by atoms with Crippen LogP contribution in [0.2, 0.25) is 5.15 Å². The number of aryl methyl sites for hydroxylation is 1. The third kappa shape index (κ3) is 2.44. The Bertz CT molecular complexity index is 499. The van der Waals surface area contributed by atoms with Gasteiger partial charge >= 0.3 is 0 Å². The molecule has 0 unspecified atom stereocenters. The van der Waals surface area contributed by atoms with Gasteiger partial charge in [-0.2, -0.15) is 0 Å². The molecule has 2 rings (SSSR count). The molecule has 78 valence electrons. The molecule has 0 amide bonds. The number of halogens is 3. The Balaban J connectivity index is 2.61. The number of rotatable bonds is 2. The molecule has 0 N–H and O–H groups in total. The average Bonchev–Trinajstić information content (AvgIpc) is 2.20. The van der Waals surface area contributed by atoms with Gasteiger partial charge in [-0.1, -0.05) is 27.5 Å². The van der Waals surface area contributed by atoms with E-state index in [1.165, 1.54) is 0 Å². The van der Waals surface area contributed by atoms with Gasteiger partial charge in [0.25, 0.3) is 0 Å². The monoisotopic (exact) mass is 303 g/mol. The molecule has 1 aromatic heterocycles. The third-order valence-electron chi connectivity index (χ3n) is 2.17. The predicted octanol–water partition coefficient (Wildman–Crippen LogP) is 4.43. The first-order chi connectivity index (χ1) is 7.20. The zero-order valence-corrected chi connectivity index (χ0v) is 10.9. The number of alkyl halides is 1. The number of hydrogen-bond donors (Lipinski definition) is 0. The lowest BCUT2D eigenvalue weighted by Gasteiger charge is -2.04. The van der Waals surface area contributed by atoms with Gasteiger partial charge in [-0.3, -0.25) is 0 Å². The fourth-order valence-electron chi connectivity index (χ4n) is 1.44. The van der Waals surface area contributed by atoms with Crippen LogP contribution >= 0.6 is 39.1 Å². The molecule has 0 spiro atoms. The van der Waals surface area contributed by atoms with Gasteiger partial charge in [-0.25, -0.2) is 4.98 Å². The molecule has 2 aromatic rings. The van der Waals surface area contributed by atoms with Gasteiger partial charge in [0.15, 0.2) is 0 Å². The van der Waals surface area contributed by atoms with Crippen LogP contribution in [0.5, 0.6) is 0 Å². The number of aromatic nitrogens is 1. The standard InChI is InChI=1S/C11H8BrCl2N/c12-9-1-2-10-8(6-9)5-7(3-4-13)11(14)15-10/h1-2,5-6H,3-4H2. The Morgan fingerprint density at radius 2 is 2.07 bits per heavy atom. The van der Waals surface area contributed by atoms with Crippen LogP contribution in [0.15, 0.2) is 28.7 Å². The van der Waals surface area contributed by atoms with E-state index in [1.54, 1.807) is 0 Å². The summed E-state index contributed by atoms with van der Waals surface area (Å²) >= 11 is 15.2. The molecule has 0 aliphatic carbocycles. The van der Waals surface area contributed by atoms with Crippen LogP contribution < -0.4 is 0 Å². The minimum atomic E-state index is 0.547. The molecule has 0 bridgehead atoms. The maximum absolute atomic E-state index is 6.04. The molecule has 0 atom stereocenters. The van der Waals surface area contributed by atoms with E-state index in [1.807, 2.05) is 24.3 Å². The predicted molar refractivity (Wildman–Crippen MR) is 68.9 cm³/mol. The second-order valence-corrected chi connectivity index (χ2v) is 4.87. The first kappa shape index (κ1) is 11.2. The van der Waals surface area contributed by atoms with Crippen molar-refractivity contribution in [2.45, 2.75) is 6.42 Å². The van der Waals surface area contributed by atoms with E-state index in [0.717, 1.165) is 27.4 Å². The second kappa shape index (κ2) is 4.69. The molecular formula is C11H8BrCl2N. The van der Waals surface area contributed by atoms with Crippen LogP contribution in [0.3, 0.4) is 0 Å². The van der Waals surface area contributed by atoms with Crippen molar-refractivity contribution in [2.24, 2.45) is 0 Å². The van der Waals surface area contributed by atoms with Gasteiger partial charge in [-0.15, -0.1) is 11.6 Å². The summed E-state index contributed by atoms with van der Waals surface area (Å²) < 4.78 is 1.04. The van der Waals surface area contributed by atoms with Crippen LogP contribution in [0, 0.1) is 0 Å². The Morgan fingerprint density at radius 3 is 2.80 bits per heavy atom. The van der Waals surface area contributed by atoms with E-state index < -0.39 is 0 Å². The lowest BCUT2D eigenvalue weighted by atomic mass is 10.1. The summed E-state index contributed by atoms with van der Waals surface area (Å²) in [5.41, 5.74) is 1.90. The number of fused-ring (bicyclic) bond motifs is 1. The summed E-state index contributed by atoms with van der Waals surface area (Å²) in [5.74, 6) is 0.556. The summed E-state index contributed by atoms with van der Waals surface area (Å²) in [5, 5.41) is 1.62. The van der Waals surface area contributed by atoms with Crippen LogP contribution in [0.25, 0.3) is 10.9 Å². The van der Waals surface area contributed by atoms with E-state index in [4.69, 9.17) is 23.2 Å². The highest BCUT2D eigenvalue weighted by Gasteiger charge is 2.04. The Kier molecular flexibility index (Phi) is 3.49. The highest BCUT2D eigenvalue weighted by Crippen LogP contribution is 2.24. The molecule has 0 radical (unpaired) electrons. The zero-order chi connectivity index (χ0) is 10.8. The smallest absolute Gasteiger partial charge is 0.133 e. The van der Waals surface area contributed by atoms with Crippen LogP contribution in [0.4, 0.5) is 0 Å². The fraction of sp³-hybridized carbons (Fsp3) is 0.182. The number of nitrogens with zero attached hydrogens (tertiary/aromatic N) is 1.